The van der Waals surface area contributed by atoms with Crippen LogP contribution in [0.4, 0.5) is 10.5 Å². The van der Waals surface area contributed by atoms with Crippen molar-refractivity contribution in [2.45, 2.75) is 45.1 Å². The van der Waals surface area contributed by atoms with E-state index < -0.39 is 5.60 Å². The highest BCUT2D eigenvalue weighted by Crippen LogP contribution is 2.40. The maximum Gasteiger partial charge on any atom is 0.410 e. The number of rotatable bonds is 1. The van der Waals surface area contributed by atoms with Gasteiger partial charge in [0.1, 0.15) is 5.60 Å². The van der Waals surface area contributed by atoms with Crippen molar-refractivity contribution in [1.82, 2.24) is 4.90 Å². The van der Waals surface area contributed by atoms with Crippen LogP contribution < -0.4 is 5.32 Å². The molecule has 0 aromatic heterocycles. The van der Waals surface area contributed by atoms with E-state index in [1.807, 2.05) is 45.0 Å². The first-order valence-electron chi connectivity index (χ1n) is 8.23. The minimum Gasteiger partial charge on any atom is -0.444 e. The number of benzene rings is 1. The third-order valence-corrected chi connectivity index (χ3v) is 4.42. The number of para-hydroxylation sites is 1. The van der Waals surface area contributed by atoms with Crippen molar-refractivity contribution in [3.05, 3.63) is 29.8 Å². The predicted molar refractivity (Wildman–Crippen MR) is 88.3 cm³/mol. The fourth-order valence-corrected chi connectivity index (χ4v) is 3.48. The first-order chi connectivity index (χ1) is 10.8. The average molecular weight is 316 g/mol. The summed E-state index contributed by atoms with van der Waals surface area (Å²) in [7, 11) is 0. The second-order valence-electron chi connectivity index (χ2n) is 7.38. The molecule has 2 aliphatic heterocycles. The van der Waals surface area contributed by atoms with E-state index in [1.54, 1.807) is 4.90 Å². The largest absolute Gasteiger partial charge is 0.444 e. The zero-order valence-electron chi connectivity index (χ0n) is 14.0. The molecule has 2 atom stereocenters. The van der Waals surface area contributed by atoms with Gasteiger partial charge >= 0.3 is 6.09 Å². The summed E-state index contributed by atoms with van der Waals surface area (Å²) >= 11 is 0. The van der Waals surface area contributed by atoms with Crippen molar-refractivity contribution in [3.8, 4) is 0 Å². The Hall–Kier alpha value is -2.04. The number of amides is 2. The van der Waals surface area contributed by atoms with Crippen molar-refractivity contribution >= 4 is 17.7 Å². The van der Waals surface area contributed by atoms with Crippen LogP contribution in [0.1, 0.15) is 45.1 Å². The molecular formula is C18H24N2O3. The second-order valence-corrected chi connectivity index (χ2v) is 7.38. The van der Waals surface area contributed by atoms with Crippen LogP contribution in [0.5, 0.6) is 0 Å². The summed E-state index contributed by atoms with van der Waals surface area (Å²) in [5.74, 6) is 0.0126. The summed E-state index contributed by atoms with van der Waals surface area (Å²) in [6, 6.07) is 7.82. The fraction of sp³-hybridized carbons (Fsp3) is 0.556. The summed E-state index contributed by atoms with van der Waals surface area (Å²) in [5, 5.41) is 2.95. The molecule has 0 spiro atoms. The molecule has 0 radical (unpaired) electrons. The molecule has 2 unspecified atom stereocenters. The highest BCUT2D eigenvalue weighted by molar-refractivity contribution is 6.03. The monoisotopic (exact) mass is 316 g/mol. The van der Waals surface area contributed by atoms with Crippen LogP contribution in [0.15, 0.2) is 24.3 Å². The Bertz CT molecular complexity index is 621. The van der Waals surface area contributed by atoms with Gasteiger partial charge in [0, 0.05) is 18.8 Å². The van der Waals surface area contributed by atoms with Crippen molar-refractivity contribution in [2.75, 3.05) is 18.4 Å². The lowest BCUT2D eigenvalue weighted by Crippen LogP contribution is -2.44. The Morgan fingerprint density at radius 2 is 2.04 bits per heavy atom. The van der Waals surface area contributed by atoms with Gasteiger partial charge in [0.05, 0.1) is 5.92 Å². The molecule has 124 valence electrons. The molecule has 1 aromatic carbocycles. The minimum atomic E-state index is -0.499. The zero-order valence-corrected chi connectivity index (χ0v) is 14.0. The van der Waals surface area contributed by atoms with Gasteiger partial charge in [-0.3, -0.25) is 4.79 Å². The molecule has 5 nitrogen and oxygen atoms in total. The number of piperidine rings is 1. The number of ether oxygens (including phenoxy) is 1. The SMILES string of the molecule is CC(C)(C)OC(=O)N1CCCC(C2C(=O)Nc3ccccc32)C1. The van der Waals surface area contributed by atoms with Crippen LogP contribution in [0, 0.1) is 5.92 Å². The van der Waals surface area contributed by atoms with E-state index in [-0.39, 0.29) is 23.8 Å². The normalized spacial score (nSPS) is 24.1. The highest BCUT2D eigenvalue weighted by atomic mass is 16.6. The molecule has 5 heteroatoms. The van der Waals surface area contributed by atoms with Crippen molar-refractivity contribution in [3.63, 3.8) is 0 Å². The molecule has 2 aliphatic rings. The molecule has 23 heavy (non-hydrogen) atoms. The molecule has 1 fully saturated rings. The summed E-state index contributed by atoms with van der Waals surface area (Å²) < 4.78 is 5.47. The van der Waals surface area contributed by atoms with Gasteiger partial charge < -0.3 is 15.0 Å². The topological polar surface area (TPSA) is 58.6 Å². The fourth-order valence-electron chi connectivity index (χ4n) is 3.48. The van der Waals surface area contributed by atoms with Crippen LogP contribution >= 0.6 is 0 Å². The van der Waals surface area contributed by atoms with Crippen molar-refractivity contribution in [1.29, 1.82) is 0 Å². The minimum absolute atomic E-state index is 0.0437. The Labute approximate surface area is 137 Å². The van der Waals surface area contributed by atoms with Gasteiger partial charge in [-0.05, 0) is 51.2 Å². The molecule has 2 heterocycles. The number of nitrogens with zero attached hydrogens (tertiary/aromatic N) is 1. The van der Waals surface area contributed by atoms with Gasteiger partial charge in [0.15, 0.2) is 0 Å². The number of likely N-dealkylation sites (tertiary alicyclic amines) is 1. The zero-order chi connectivity index (χ0) is 16.6. The van der Waals surface area contributed by atoms with Gasteiger partial charge in [0.25, 0.3) is 0 Å². The number of nitrogens with one attached hydrogen (secondary N) is 1. The first-order valence-corrected chi connectivity index (χ1v) is 8.23. The lowest BCUT2D eigenvalue weighted by molar-refractivity contribution is -0.118. The highest BCUT2D eigenvalue weighted by Gasteiger charge is 2.39. The van der Waals surface area contributed by atoms with Crippen LogP contribution in [-0.4, -0.2) is 35.6 Å². The summed E-state index contributed by atoms with van der Waals surface area (Å²) in [5.41, 5.74) is 1.45. The molecule has 3 rings (SSSR count). The van der Waals surface area contributed by atoms with Gasteiger partial charge in [-0.1, -0.05) is 18.2 Å². The van der Waals surface area contributed by atoms with Crippen LogP contribution in [0.25, 0.3) is 0 Å². The molecule has 0 bridgehead atoms. The number of hydrogen-bond donors (Lipinski definition) is 1. The van der Waals surface area contributed by atoms with Gasteiger partial charge in [-0.25, -0.2) is 4.79 Å². The van der Waals surface area contributed by atoms with Gasteiger partial charge in [-0.2, -0.15) is 0 Å². The number of fused-ring (bicyclic) bond motifs is 1. The van der Waals surface area contributed by atoms with Crippen LogP contribution in [0.3, 0.4) is 0 Å². The molecule has 2 amide bonds. The van der Waals surface area contributed by atoms with E-state index in [0.717, 1.165) is 24.1 Å². The Morgan fingerprint density at radius 3 is 2.78 bits per heavy atom. The third-order valence-electron chi connectivity index (χ3n) is 4.42. The molecule has 0 aliphatic carbocycles. The molecule has 1 aromatic rings. The van der Waals surface area contributed by atoms with E-state index in [1.165, 1.54) is 0 Å². The third kappa shape index (κ3) is 3.33. The molecular weight excluding hydrogens is 292 g/mol. The maximum absolute atomic E-state index is 12.4. The number of carbonyl (C=O) groups excluding carboxylic acids is 2. The second kappa shape index (κ2) is 5.87. The van der Waals surface area contributed by atoms with Crippen LogP contribution in [-0.2, 0) is 9.53 Å². The van der Waals surface area contributed by atoms with Gasteiger partial charge in [0.2, 0.25) is 5.91 Å². The number of carbonyl (C=O) groups is 2. The predicted octanol–water partition coefficient (Wildman–Crippen LogP) is 3.37. The van der Waals surface area contributed by atoms with Crippen LogP contribution in [0.2, 0.25) is 0 Å². The van der Waals surface area contributed by atoms with Crippen molar-refractivity contribution in [2.24, 2.45) is 5.92 Å². The summed E-state index contributed by atoms with van der Waals surface area (Å²) in [4.78, 5) is 26.4. The lowest BCUT2D eigenvalue weighted by atomic mass is 9.82. The quantitative estimate of drug-likeness (QED) is 0.864. The summed E-state index contributed by atoms with van der Waals surface area (Å²) in [6.45, 7) is 6.87. The Balaban J connectivity index is 1.74. The van der Waals surface area contributed by atoms with E-state index in [2.05, 4.69) is 5.32 Å². The molecule has 1 saturated heterocycles. The molecule has 0 saturated carbocycles. The van der Waals surface area contributed by atoms with E-state index in [0.29, 0.717) is 13.1 Å². The van der Waals surface area contributed by atoms with Gasteiger partial charge in [-0.15, -0.1) is 0 Å². The average Bonchev–Trinajstić information content (AvgIpc) is 2.81. The van der Waals surface area contributed by atoms with E-state index in [4.69, 9.17) is 4.74 Å². The Morgan fingerprint density at radius 1 is 1.30 bits per heavy atom. The standard InChI is InChI=1S/C18H24N2O3/c1-18(2,3)23-17(22)20-10-6-7-12(11-20)15-13-8-4-5-9-14(13)19-16(15)21/h4-5,8-9,12,15H,6-7,10-11H2,1-3H3,(H,19,21). The smallest absolute Gasteiger partial charge is 0.410 e. The van der Waals surface area contributed by atoms with E-state index in [9.17, 15) is 9.59 Å². The van der Waals surface area contributed by atoms with E-state index >= 15 is 0 Å². The number of hydrogen-bond acceptors (Lipinski definition) is 3. The Kier molecular flexibility index (Phi) is 4.04. The maximum atomic E-state index is 12.4. The number of anilines is 1. The first kappa shape index (κ1) is 15.8. The van der Waals surface area contributed by atoms with Crippen molar-refractivity contribution < 1.29 is 14.3 Å². The summed E-state index contributed by atoms with van der Waals surface area (Å²) in [6.07, 6.45) is 1.57. The lowest BCUT2D eigenvalue weighted by Gasteiger charge is -2.36. The molecule has 1 N–H and O–H groups in total.